The van der Waals surface area contributed by atoms with Gasteiger partial charge < -0.3 is 9.88 Å². The second kappa shape index (κ2) is 8.93. The summed E-state index contributed by atoms with van der Waals surface area (Å²) in [5.41, 5.74) is 2.37. The maximum Gasteiger partial charge on any atom is 0.289 e. The monoisotopic (exact) mass is 451 g/mol. The average Bonchev–Trinajstić information content (AvgIpc) is 3.23. The van der Waals surface area contributed by atoms with Crippen LogP contribution in [-0.2, 0) is 18.3 Å². The number of nitrogens with one attached hydrogen (secondary N) is 1. The van der Waals surface area contributed by atoms with Crippen LogP contribution in [0.15, 0.2) is 28.7 Å². The number of hydrogen-bond donors (Lipinski definition) is 1. The van der Waals surface area contributed by atoms with Gasteiger partial charge in [-0.15, -0.1) is 21.5 Å². The molecule has 2 aromatic heterocycles. The standard InChI is InChI=1S/C18H18ClN5O3S2/c1-4-12-10(2)28-8-13(12)17-21-22-18(23(17)3)29-9-16(25)20-11-5-6-14(19)15(7-11)24(26)27/h5-8H,4,9H2,1-3H3,(H,20,25). The zero-order chi connectivity index (χ0) is 21.1. The SMILES string of the molecule is CCc1c(-c2nnc(SCC(=O)Nc3ccc(Cl)c([N+](=O)[O-])c3)n2C)csc1C. The van der Waals surface area contributed by atoms with Crippen LogP contribution in [0.5, 0.6) is 0 Å². The van der Waals surface area contributed by atoms with Gasteiger partial charge in [-0.1, -0.05) is 30.3 Å². The number of aryl methyl sites for hydroxylation is 1. The topological polar surface area (TPSA) is 103 Å². The van der Waals surface area contributed by atoms with Crippen molar-refractivity contribution in [2.45, 2.75) is 25.4 Å². The number of anilines is 1. The number of thiophene rings is 1. The van der Waals surface area contributed by atoms with Crippen molar-refractivity contribution in [2.24, 2.45) is 7.05 Å². The number of benzene rings is 1. The minimum atomic E-state index is -0.593. The van der Waals surface area contributed by atoms with E-state index >= 15 is 0 Å². The number of amides is 1. The van der Waals surface area contributed by atoms with E-state index in [1.165, 1.54) is 40.4 Å². The van der Waals surface area contributed by atoms with Crippen LogP contribution in [0.3, 0.4) is 0 Å². The molecule has 1 aromatic carbocycles. The van der Waals surface area contributed by atoms with E-state index in [1.54, 1.807) is 11.3 Å². The lowest BCUT2D eigenvalue weighted by Gasteiger charge is -2.06. The zero-order valence-corrected chi connectivity index (χ0v) is 18.3. The Labute approximate surface area is 180 Å². The molecule has 0 saturated heterocycles. The van der Waals surface area contributed by atoms with Crippen LogP contribution in [0.25, 0.3) is 11.4 Å². The summed E-state index contributed by atoms with van der Waals surface area (Å²) in [5, 5.41) is 24.8. The second-order valence-corrected chi connectivity index (χ2v) is 8.60. The Morgan fingerprint density at radius 2 is 2.17 bits per heavy atom. The number of nitro groups is 1. The van der Waals surface area contributed by atoms with E-state index in [0.717, 1.165) is 17.8 Å². The Balaban J connectivity index is 1.68. The number of halogens is 1. The predicted molar refractivity (Wildman–Crippen MR) is 116 cm³/mol. The molecule has 2 heterocycles. The highest BCUT2D eigenvalue weighted by molar-refractivity contribution is 7.99. The summed E-state index contributed by atoms with van der Waals surface area (Å²) >= 11 is 8.71. The molecule has 0 unspecified atom stereocenters. The molecule has 1 N–H and O–H groups in total. The van der Waals surface area contributed by atoms with E-state index in [2.05, 4.69) is 34.7 Å². The van der Waals surface area contributed by atoms with E-state index in [-0.39, 0.29) is 22.4 Å². The van der Waals surface area contributed by atoms with E-state index < -0.39 is 4.92 Å². The number of thioether (sulfide) groups is 1. The van der Waals surface area contributed by atoms with Gasteiger partial charge >= 0.3 is 0 Å². The maximum atomic E-state index is 12.3. The number of carbonyl (C=O) groups is 1. The first-order valence-corrected chi connectivity index (χ1v) is 10.9. The molecule has 0 aliphatic heterocycles. The van der Waals surface area contributed by atoms with Gasteiger partial charge in [0.05, 0.1) is 10.7 Å². The molecule has 8 nitrogen and oxygen atoms in total. The minimum Gasteiger partial charge on any atom is -0.325 e. The molecule has 152 valence electrons. The van der Waals surface area contributed by atoms with E-state index in [4.69, 9.17) is 11.6 Å². The Morgan fingerprint density at radius 3 is 2.86 bits per heavy atom. The predicted octanol–water partition coefficient (Wildman–Crippen LogP) is 4.71. The summed E-state index contributed by atoms with van der Waals surface area (Å²) < 4.78 is 1.87. The van der Waals surface area contributed by atoms with Gasteiger partial charge in [0.25, 0.3) is 5.69 Å². The third kappa shape index (κ3) is 4.60. The summed E-state index contributed by atoms with van der Waals surface area (Å²) in [6.45, 7) is 4.19. The molecule has 0 fully saturated rings. The van der Waals surface area contributed by atoms with Gasteiger partial charge in [0.15, 0.2) is 11.0 Å². The van der Waals surface area contributed by atoms with Gasteiger partial charge in [0.1, 0.15) is 5.02 Å². The number of carbonyl (C=O) groups excluding carboxylic acids is 1. The molecule has 0 bridgehead atoms. The fourth-order valence-electron chi connectivity index (χ4n) is 2.84. The Morgan fingerprint density at radius 1 is 1.41 bits per heavy atom. The lowest BCUT2D eigenvalue weighted by molar-refractivity contribution is -0.384. The molecule has 0 atom stereocenters. The summed E-state index contributed by atoms with van der Waals surface area (Å²) in [6, 6.07) is 4.13. The van der Waals surface area contributed by atoms with Crippen LogP contribution in [0.1, 0.15) is 17.4 Å². The summed E-state index contributed by atoms with van der Waals surface area (Å²) in [7, 11) is 1.87. The smallest absolute Gasteiger partial charge is 0.289 e. The molecular weight excluding hydrogens is 434 g/mol. The maximum absolute atomic E-state index is 12.3. The molecule has 0 radical (unpaired) electrons. The largest absolute Gasteiger partial charge is 0.325 e. The minimum absolute atomic E-state index is 0.0177. The van der Waals surface area contributed by atoms with Crippen molar-refractivity contribution in [3.05, 3.63) is 49.2 Å². The molecule has 0 spiro atoms. The second-order valence-electron chi connectivity index (χ2n) is 6.16. The fraction of sp³-hybridized carbons (Fsp3) is 0.278. The van der Waals surface area contributed by atoms with Crippen molar-refractivity contribution in [1.29, 1.82) is 0 Å². The van der Waals surface area contributed by atoms with Crippen LogP contribution in [0.2, 0.25) is 5.02 Å². The van der Waals surface area contributed by atoms with Crippen molar-refractivity contribution < 1.29 is 9.72 Å². The van der Waals surface area contributed by atoms with Crippen LogP contribution in [-0.4, -0.2) is 31.3 Å². The lowest BCUT2D eigenvalue weighted by Crippen LogP contribution is -2.14. The van der Waals surface area contributed by atoms with Crippen LogP contribution in [0, 0.1) is 17.0 Å². The molecular formula is C18H18ClN5O3S2. The molecule has 11 heteroatoms. The first-order valence-electron chi connectivity index (χ1n) is 8.65. The zero-order valence-electron chi connectivity index (χ0n) is 15.9. The number of nitro benzene ring substituents is 1. The van der Waals surface area contributed by atoms with Crippen molar-refractivity contribution in [2.75, 3.05) is 11.1 Å². The van der Waals surface area contributed by atoms with Crippen molar-refractivity contribution in [3.8, 4) is 11.4 Å². The number of aromatic nitrogens is 3. The highest BCUT2D eigenvalue weighted by Gasteiger charge is 2.18. The van der Waals surface area contributed by atoms with Gasteiger partial charge in [-0.25, -0.2) is 0 Å². The van der Waals surface area contributed by atoms with Crippen molar-refractivity contribution in [1.82, 2.24) is 14.8 Å². The fourth-order valence-corrected chi connectivity index (χ4v) is 4.68. The first kappa shape index (κ1) is 21.3. The quantitative estimate of drug-likeness (QED) is 0.317. The average molecular weight is 452 g/mol. The van der Waals surface area contributed by atoms with Gasteiger partial charge in [-0.3, -0.25) is 14.9 Å². The Kier molecular flexibility index (Phi) is 6.56. The summed E-state index contributed by atoms with van der Waals surface area (Å²) in [6.07, 6.45) is 0.912. The summed E-state index contributed by atoms with van der Waals surface area (Å²) in [4.78, 5) is 23.9. The van der Waals surface area contributed by atoms with Gasteiger partial charge in [-0.05, 0) is 31.0 Å². The van der Waals surface area contributed by atoms with Gasteiger partial charge in [0, 0.05) is 34.6 Å². The van der Waals surface area contributed by atoms with E-state index in [9.17, 15) is 14.9 Å². The normalized spacial score (nSPS) is 10.9. The van der Waals surface area contributed by atoms with Gasteiger partial charge in [0.2, 0.25) is 5.91 Å². The highest BCUT2D eigenvalue weighted by Crippen LogP contribution is 2.32. The number of nitrogens with zero attached hydrogens (tertiary/aromatic N) is 4. The number of rotatable bonds is 7. The molecule has 1 amide bonds. The van der Waals surface area contributed by atoms with E-state index in [1.807, 2.05) is 11.6 Å². The first-order chi connectivity index (χ1) is 13.8. The van der Waals surface area contributed by atoms with Crippen LogP contribution < -0.4 is 5.32 Å². The van der Waals surface area contributed by atoms with Crippen molar-refractivity contribution in [3.63, 3.8) is 0 Å². The lowest BCUT2D eigenvalue weighted by atomic mass is 10.1. The molecule has 3 rings (SSSR count). The van der Waals surface area contributed by atoms with Crippen molar-refractivity contribution >= 4 is 52.0 Å². The number of hydrogen-bond acceptors (Lipinski definition) is 7. The molecule has 0 aliphatic rings. The third-order valence-electron chi connectivity index (χ3n) is 4.29. The molecule has 0 saturated carbocycles. The molecule has 3 aromatic rings. The highest BCUT2D eigenvalue weighted by atomic mass is 35.5. The van der Waals surface area contributed by atoms with Gasteiger partial charge in [-0.2, -0.15) is 0 Å². The van der Waals surface area contributed by atoms with Crippen LogP contribution >= 0.6 is 34.7 Å². The third-order valence-corrected chi connectivity index (χ3v) is 6.59. The summed E-state index contributed by atoms with van der Waals surface area (Å²) in [5.74, 6) is 0.547. The van der Waals surface area contributed by atoms with Crippen LogP contribution in [0.4, 0.5) is 11.4 Å². The molecule has 29 heavy (non-hydrogen) atoms. The van der Waals surface area contributed by atoms with E-state index in [0.29, 0.717) is 10.8 Å². The Bertz CT molecular complexity index is 1080. The molecule has 0 aliphatic carbocycles. The Hall–Kier alpha value is -2.43.